The van der Waals surface area contributed by atoms with Gasteiger partial charge < -0.3 is 10.6 Å². The average molecular weight is 297 g/mol. The number of aryl methyl sites for hydroxylation is 1. The molecule has 0 saturated carbocycles. The average Bonchev–Trinajstić information content (AvgIpc) is 2.32. The van der Waals surface area contributed by atoms with Crippen LogP contribution in [0.2, 0.25) is 0 Å². The van der Waals surface area contributed by atoms with Crippen LogP contribution in [0.1, 0.15) is 18.9 Å². The third kappa shape index (κ3) is 3.13. The van der Waals surface area contributed by atoms with Crippen LogP contribution in [0.15, 0.2) is 23.1 Å². The number of likely N-dealkylation sites (tertiary alicyclic amines) is 1. The second-order valence-corrected chi connectivity index (χ2v) is 7.40. The van der Waals surface area contributed by atoms with Gasteiger partial charge in [-0.15, -0.1) is 0 Å². The van der Waals surface area contributed by atoms with Crippen molar-refractivity contribution in [3.63, 3.8) is 0 Å². The highest BCUT2D eigenvalue weighted by Gasteiger charge is 2.30. The Morgan fingerprint density at radius 3 is 2.70 bits per heavy atom. The fourth-order valence-corrected chi connectivity index (χ4v) is 4.57. The van der Waals surface area contributed by atoms with Gasteiger partial charge in [-0.25, -0.2) is 13.1 Å². The zero-order valence-electron chi connectivity index (χ0n) is 12.3. The monoisotopic (exact) mass is 297 g/mol. The highest BCUT2D eigenvalue weighted by molar-refractivity contribution is 7.89. The quantitative estimate of drug-likeness (QED) is 0.822. The van der Waals surface area contributed by atoms with E-state index in [9.17, 15) is 8.42 Å². The van der Waals surface area contributed by atoms with Crippen LogP contribution in [-0.2, 0) is 10.0 Å². The fourth-order valence-electron chi connectivity index (χ4n) is 2.83. The highest BCUT2D eigenvalue weighted by Crippen LogP contribution is 2.24. The third-order valence-corrected chi connectivity index (χ3v) is 5.63. The molecule has 1 aliphatic rings. The normalized spacial score (nSPS) is 24.8. The topological polar surface area (TPSA) is 75.4 Å². The molecule has 6 heteroatoms. The van der Waals surface area contributed by atoms with Crippen molar-refractivity contribution >= 4 is 15.7 Å². The summed E-state index contributed by atoms with van der Waals surface area (Å²) in [6.45, 7) is 5.64. The lowest BCUT2D eigenvalue weighted by Gasteiger charge is -2.35. The van der Waals surface area contributed by atoms with Gasteiger partial charge in [-0.05, 0) is 44.5 Å². The van der Waals surface area contributed by atoms with Gasteiger partial charge in [0, 0.05) is 12.6 Å². The molecule has 0 aliphatic carbocycles. The van der Waals surface area contributed by atoms with Crippen molar-refractivity contribution in [1.29, 1.82) is 0 Å². The summed E-state index contributed by atoms with van der Waals surface area (Å²) in [7, 11) is -1.51. The first kappa shape index (κ1) is 15.3. The first-order chi connectivity index (χ1) is 9.31. The Balaban J connectivity index is 2.24. The number of nitrogens with two attached hydrogens (primary N) is 1. The molecular formula is C14H23N3O2S. The first-order valence-corrected chi connectivity index (χ1v) is 8.35. The molecule has 0 aromatic heterocycles. The van der Waals surface area contributed by atoms with E-state index in [2.05, 4.69) is 23.6 Å². The Morgan fingerprint density at radius 2 is 2.10 bits per heavy atom. The van der Waals surface area contributed by atoms with Crippen molar-refractivity contribution in [2.24, 2.45) is 5.92 Å². The van der Waals surface area contributed by atoms with Crippen molar-refractivity contribution < 1.29 is 8.42 Å². The molecule has 2 rings (SSSR count). The maximum Gasteiger partial charge on any atom is 0.243 e. The van der Waals surface area contributed by atoms with Gasteiger partial charge in [0.25, 0.3) is 0 Å². The lowest BCUT2D eigenvalue weighted by molar-refractivity contribution is 0.188. The Bertz CT molecular complexity index is 566. The summed E-state index contributed by atoms with van der Waals surface area (Å²) in [4.78, 5) is 2.43. The van der Waals surface area contributed by atoms with Gasteiger partial charge in [-0.3, -0.25) is 0 Å². The summed E-state index contributed by atoms with van der Waals surface area (Å²) < 4.78 is 28.0. The van der Waals surface area contributed by atoms with E-state index in [4.69, 9.17) is 5.73 Å². The van der Waals surface area contributed by atoms with Crippen LogP contribution in [0.3, 0.4) is 0 Å². The number of benzene rings is 1. The van der Waals surface area contributed by atoms with Gasteiger partial charge in [0.05, 0.1) is 5.69 Å². The van der Waals surface area contributed by atoms with Crippen molar-refractivity contribution in [2.45, 2.75) is 31.2 Å². The minimum atomic E-state index is -3.57. The lowest BCUT2D eigenvalue weighted by Crippen LogP contribution is -2.48. The van der Waals surface area contributed by atoms with E-state index in [-0.39, 0.29) is 16.9 Å². The predicted molar refractivity (Wildman–Crippen MR) is 81.0 cm³/mol. The molecular weight excluding hydrogens is 274 g/mol. The van der Waals surface area contributed by atoms with Gasteiger partial charge in [-0.2, -0.15) is 0 Å². The number of nitrogen functional groups attached to an aromatic ring is 1. The molecule has 1 aromatic carbocycles. The van der Waals surface area contributed by atoms with Crippen LogP contribution >= 0.6 is 0 Å². The van der Waals surface area contributed by atoms with E-state index in [1.165, 1.54) is 0 Å². The SMILES string of the molecule is Cc1cccc(N)c1S(=O)(=O)NC1CCN(C)CC1C. The summed E-state index contributed by atoms with van der Waals surface area (Å²) in [6, 6.07) is 5.13. The zero-order chi connectivity index (χ0) is 14.9. The van der Waals surface area contributed by atoms with E-state index in [0.29, 0.717) is 11.3 Å². The number of nitrogens with one attached hydrogen (secondary N) is 1. The lowest BCUT2D eigenvalue weighted by atomic mass is 9.95. The second kappa shape index (κ2) is 5.71. The van der Waals surface area contributed by atoms with Gasteiger partial charge in [0.1, 0.15) is 4.90 Å². The number of sulfonamides is 1. The maximum atomic E-state index is 12.6. The molecule has 112 valence electrons. The van der Waals surface area contributed by atoms with Crippen LogP contribution < -0.4 is 10.5 Å². The fraction of sp³-hybridized carbons (Fsp3) is 0.571. The second-order valence-electron chi connectivity index (χ2n) is 5.75. The maximum absolute atomic E-state index is 12.6. The third-order valence-electron chi connectivity index (χ3n) is 3.93. The summed E-state index contributed by atoms with van der Waals surface area (Å²) >= 11 is 0. The van der Waals surface area contributed by atoms with Crippen LogP contribution in [-0.4, -0.2) is 39.5 Å². The van der Waals surface area contributed by atoms with E-state index < -0.39 is 10.0 Å². The van der Waals surface area contributed by atoms with Crippen LogP contribution in [0.25, 0.3) is 0 Å². The van der Waals surface area contributed by atoms with E-state index >= 15 is 0 Å². The molecule has 1 heterocycles. The molecule has 1 aromatic rings. The van der Waals surface area contributed by atoms with Gasteiger partial charge >= 0.3 is 0 Å². The summed E-state index contributed by atoms with van der Waals surface area (Å²) in [5.74, 6) is 0.286. The minimum Gasteiger partial charge on any atom is -0.398 e. The van der Waals surface area contributed by atoms with Gasteiger partial charge in [-0.1, -0.05) is 19.1 Å². The standard InChI is InChI=1S/C14H23N3O2S/c1-10-5-4-6-12(15)14(10)20(18,19)16-13-7-8-17(3)9-11(13)2/h4-6,11,13,16H,7-9,15H2,1-3H3. The van der Waals surface area contributed by atoms with E-state index in [1.807, 2.05) is 0 Å². The minimum absolute atomic E-state index is 0.0322. The van der Waals surface area contributed by atoms with Gasteiger partial charge in [0.2, 0.25) is 10.0 Å². The Hall–Kier alpha value is -1.11. The molecule has 1 saturated heterocycles. The molecule has 0 amide bonds. The van der Waals surface area contributed by atoms with Crippen molar-refractivity contribution in [2.75, 3.05) is 25.9 Å². The molecule has 3 N–H and O–H groups in total. The summed E-state index contributed by atoms with van der Waals surface area (Å²) in [5.41, 5.74) is 6.82. The first-order valence-electron chi connectivity index (χ1n) is 6.87. The number of rotatable bonds is 3. The molecule has 1 fully saturated rings. The highest BCUT2D eigenvalue weighted by atomic mass is 32.2. The number of hydrogen-bond donors (Lipinski definition) is 2. The Morgan fingerprint density at radius 1 is 1.40 bits per heavy atom. The number of piperidine rings is 1. The molecule has 2 atom stereocenters. The van der Waals surface area contributed by atoms with Crippen LogP contribution in [0, 0.1) is 12.8 Å². The largest absolute Gasteiger partial charge is 0.398 e. The molecule has 5 nitrogen and oxygen atoms in total. The number of hydrogen-bond acceptors (Lipinski definition) is 4. The predicted octanol–water partition coefficient (Wildman–Crippen LogP) is 1.20. The number of anilines is 1. The van der Waals surface area contributed by atoms with Crippen molar-refractivity contribution in [3.05, 3.63) is 23.8 Å². The van der Waals surface area contributed by atoms with Crippen LogP contribution in [0.4, 0.5) is 5.69 Å². The Labute approximate surface area is 121 Å². The summed E-state index contributed by atoms with van der Waals surface area (Å²) in [6.07, 6.45) is 0.822. The smallest absolute Gasteiger partial charge is 0.243 e. The van der Waals surface area contributed by atoms with Gasteiger partial charge in [0.15, 0.2) is 0 Å². The van der Waals surface area contributed by atoms with E-state index in [0.717, 1.165) is 19.5 Å². The van der Waals surface area contributed by atoms with E-state index in [1.54, 1.807) is 25.1 Å². The zero-order valence-corrected chi connectivity index (χ0v) is 13.1. The van der Waals surface area contributed by atoms with Crippen molar-refractivity contribution in [1.82, 2.24) is 9.62 Å². The molecule has 1 aliphatic heterocycles. The summed E-state index contributed by atoms with van der Waals surface area (Å²) in [5, 5.41) is 0. The molecule has 20 heavy (non-hydrogen) atoms. The molecule has 2 unspecified atom stereocenters. The van der Waals surface area contributed by atoms with Crippen molar-refractivity contribution in [3.8, 4) is 0 Å². The molecule has 0 radical (unpaired) electrons. The Kier molecular flexibility index (Phi) is 4.36. The molecule has 0 spiro atoms. The number of nitrogens with zero attached hydrogens (tertiary/aromatic N) is 1. The van der Waals surface area contributed by atoms with Crippen LogP contribution in [0.5, 0.6) is 0 Å². The molecule has 0 bridgehead atoms.